The maximum atomic E-state index is 14.0. The van der Waals surface area contributed by atoms with Crippen molar-refractivity contribution in [1.82, 2.24) is 4.90 Å². The van der Waals surface area contributed by atoms with Gasteiger partial charge in [0, 0.05) is 18.1 Å². The molecule has 0 aromatic heterocycles. The molecule has 0 N–H and O–H groups in total. The lowest BCUT2D eigenvalue weighted by Crippen LogP contribution is -2.28. The van der Waals surface area contributed by atoms with Crippen molar-refractivity contribution in [3.05, 3.63) is 69.2 Å². The van der Waals surface area contributed by atoms with Crippen LogP contribution in [0.15, 0.2) is 40.9 Å². The molecule has 1 amide bonds. The van der Waals surface area contributed by atoms with Crippen LogP contribution in [-0.2, 0) is 6.54 Å². The number of benzene rings is 2. The fourth-order valence-electron chi connectivity index (χ4n) is 1.98. The van der Waals surface area contributed by atoms with Crippen molar-refractivity contribution in [3.8, 4) is 0 Å². The molecule has 5 heteroatoms. The third-order valence-electron chi connectivity index (χ3n) is 3.18. The summed E-state index contributed by atoms with van der Waals surface area (Å²) in [6.45, 7) is 1.78. The van der Waals surface area contributed by atoms with Gasteiger partial charge in [0.2, 0.25) is 0 Å². The molecule has 0 aliphatic heterocycles. The van der Waals surface area contributed by atoms with Crippen LogP contribution in [0.5, 0.6) is 0 Å². The zero-order valence-electron chi connectivity index (χ0n) is 11.7. The number of amides is 1. The van der Waals surface area contributed by atoms with Gasteiger partial charge in [0.15, 0.2) is 0 Å². The van der Waals surface area contributed by atoms with E-state index >= 15 is 0 Å². The summed E-state index contributed by atoms with van der Waals surface area (Å²) in [5.41, 5.74) is 0.619. The first-order valence-electron chi connectivity index (χ1n) is 6.34. The highest BCUT2D eigenvalue weighted by Gasteiger charge is 2.22. The van der Waals surface area contributed by atoms with Crippen molar-refractivity contribution in [2.45, 2.75) is 13.5 Å². The Morgan fingerprint density at radius 3 is 2.38 bits per heavy atom. The molecule has 110 valence electrons. The third-order valence-corrected chi connectivity index (χ3v) is 3.71. The smallest absolute Gasteiger partial charge is 0.259 e. The molecule has 0 bridgehead atoms. The Morgan fingerprint density at radius 2 is 1.76 bits per heavy atom. The van der Waals surface area contributed by atoms with Crippen LogP contribution in [-0.4, -0.2) is 17.9 Å². The van der Waals surface area contributed by atoms with E-state index in [9.17, 15) is 13.6 Å². The minimum Gasteiger partial charge on any atom is -0.337 e. The molecule has 0 saturated heterocycles. The first-order chi connectivity index (χ1) is 9.90. The summed E-state index contributed by atoms with van der Waals surface area (Å²) < 4.78 is 28.6. The molecule has 2 nitrogen and oxygen atoms in total. The predicted octanol–water partition coefficient (Wildman–Crippen LogP) is 4.31. The van der Waals surface area contributed by atoms with Crippen molar-refractivity contribution in [2.24, 2.45) is 0 Å². The summed E-state index contributed by atoms with van der Waals surface area (Å²) in [7, 11) is 1.52. The second-order valence-electron chi connectivity index (χ2n) is 4.84. The highest BCUT2D eigenvalue weighted by Crippen LogP contribution is 2.19. The van der Waals surface area contributed by atoms with E-state index in [1.807, 2.05) is 24.3 Å². The highest BCUT2D eigenvalue weighted by atomic mass is 79.9. The fourth-order valence-corrected chi connectivity index (χ4v) is 2.24. The molecule has 2 aromatic carbocycles. The highest BCUT2D eigenvalue weighted by molar-refractivity contribution is 9.10. The van der Waals surface area contributed by atoms with E-state index in [1.165, 1.54) is 24.9 Å². The largest absolute Gasteiger partial charge is 0.337 e. The summed E-state index contributed by atoms with van der Waals surface area (Å²) >= 11 is 3.32. The van der Waals surface area contributed by atoms with Gasteiger partial charge in [0.1, 0.15) is 17.2 Å². The minimum atomic E-state index is -0.842. The molecular formula is C16H14BrF2NO. The molecule has 0 atom stereocenters. The number of aryl methyl sites for hydroxylation is 1. The van der Waals surface area contributed by atoms with Gasteiger partial charge in [0.05, 0.1) is 0 Å². The van der Waals surface area contributed by atoms with Gasteiger partial charge in [-0.05, 0) is 36.2 Å². The quantitative estimate of drug-likeness (QED) is 0.805. The van der Waals surface area contributed by atoms with E-state index in [-0.39, 0.29) is 12.1 Å². The molecule has 2 rings (SSSR count). The number of carbonyl (C=O) groups excluding carboxylic acids is 1. The van der Waals surface area contributed by atoms with Crippen LogP contribution in [0.1, 0.15) is 21.5 Å². The van der Waals surface area contributed by atoms with E-state index in [4.69, 9.17) is 0 Å². The Balaban J connectivity index is 2.24. The molecular weight excluding hydrogens is 340 g/mol. The number of hydrogen-bond acceptors (Lipinski definition) is 1. The second kappa shape index (κ2) is 6.35. The summed E-state index contributed by atoms with van der Waals surface area (Å²) in [4.78, 5) is 13.5. The van der Waals surface area contributed by atoms with Crippen LogP contribution in [0.4, 0.5) is 8.78 Å². The van der Waals surface area contributed by atoms with Gasteiger partial charge < -0.3 is 4.90 Å². The average molecular weight is 354 g/mol. The van der Waals surface area contributed by atoms with Crippen molar-refractivity contribution in [2.75, 3.05) is 7.05 Å². The monoisotopic (exact) mass is 353 g/mol. The first-order valence-corrected chi connectivity index (χ1v) is 7.14. The fraction of sp³-hybridized carbons (Fsp3) is 0.188. The average Bonchev–Trinajstić information content (AvgIpc) is 2.45. The van der Waals surface area contributed by atoms with Crippen LogP contribution in [0, 0.1) is 18.6 Å². The SMILES string of the molecule is Cc1ccc(F)c(C(=O)N(C)Cc2ccc(Br)cc2)c1F. The molecule has 0 radical (unpaired) electrons. The summed E-state index contributed by atoms with van der Waals surface area (Å²) in [6, 6.07) is 9.81. The van der Waals surface area contributed by atoms with Gasteiger partial charge in [-0.15, -0.1) is 0 Å². The van der Waals surface area contributed by atoms with E-state index < -0.39 is 23.1 Å². The van der Waals surface area contributed by atoms with Gasteiger partial charge in [-0.3, -0.25) is 4.79 Å². The van der Waals surface area contributed by atoms with Crippen molar-refractivity contribution in [3.63, 3.8) is 0 Å². The van der Waals surface area contributed by atoms with E-state index in [2.05, 4.69) is 15.9 Å². The Morgan fingerprint density at radius 1 is 1.14 bits per heavy atom. The van der Waals surface area contributed by atoms with E-state index in [0.717, 1.165) is 16.1 Å². The standard InChI is InChI=1S/C16H14BrF2NO/c1-10-3-8-13(18)14(15(10)19)16(21)20(2)9-11-4-6-12(17)7-5-11/h3-8H,9H2,1-2H3. The predicted molar refractivity (Wildman–Crippen MR) is 81.0 cm³/mol. The number of nitrogens with zero attached hydrogens (tertiary/aromatic N) is 1. The zero-order valence-corrected chi connectivity index (χ0v) is 13.2. The van der Waals surface area contributed by atoms with Crippen LogP contribution >= 0.6 is 15.9 Å². The maximum absolute atomic E-state index is 14.0. The van der Waals surface area contributed by atoms with Crippen molar-refractivity contribution in [1.29, 1.82) is 0 Å². The number of halogens is 3. The van der Waals surface area contributed by atoms with Crippen LogP contribution in [0.3, 0.4) is 0 Å². The third kappa shape index (κ3) is 3.47. The van der Waals surface area contributed by atoms with Gasteiger partial charge in [-0.1, -0.05) is 34.1 Å². The molecule has 21 heavy (non-hydrogen) atoms. The van der Waals surface area contributed by atoms with Gasteiger partial charge in [-0.25, -0.2) is 8.78 Å². The molecule has 0 aliphatic carbocycles. The zero-order chi connectivity index (χ0) is 15.6. The topological polar surface area (TPSA) is 20.3 Å². The second-order valence-corrected chi connectivity index (χ2v) is 5.76. The lowest BCUT2D eigenvalue weighted by atomic mass is 10.1. The molecule has 0 heterocycles. The molecule has 0 spiro atoms. The first kappa shape index (κ1) is 15.6. The van der Waals surface area contributed by atoms with Crippen LogP contribution in [0.2, 0.25) is 0 Å². The Kier molecular flexibility index (Phi) is 4.73. The molecule has 0 unspecified atom stereocenters. The lowest BCUT2D eigenvalue weighted by molar-refractivity contribution is 0.0775. The molecule has 0 aliphatic rings. The van der Waals surface area contributed by atoms with E-state index in [1.54, 1.807) is 0 Å². The summed E-state index contributed by atoms with van der Waals surface area (Å²) in [5.74, 6) is -2.31. The summed E-state index contributed by atoms with van der Waals surface area (Å²) in [5, 5.41) is 0. The Labute approximate surface area is 130 Å². The maximum Gasteiger partial charge on any atom is 0.259 e. The number of rotatable bonds is 3. The van der Waals surface area contributed by atoms with E-state index in [0.29, 0.717) is 0 Å². The molecule has 2 aromatic rings. The van der Waals surface area contributed by atoms with Gasteiger partial charge in [0.25, 0.3) is 5.91 Å². The summed E-state index contributed by atoms with van der Waals surface area (Å²) in [6.07, 6.45) is 0. The Hall–Kier alpha value is -1.75. The number of carbonyl (C=O) groups is 1. The Bertz CT molecular complexity index is 671. The van der Waals surface area contributed by atoms with Gasteiger partial charge >= 0.3 is 0 Å². The van der Waals surface area contributed by atoms with Crippen molar-refractivity contribution < 1.29 is 13.6 Å². The van der Waals surface area contributed by atoms with Crippen molar-refractivity contribution >= 4 is 21.8 Å². The normalized spacial score (nSPS) is 10.5. The minimum absolute atomic E-state index is 0.247. The van der Waals surface area contributed by atoms with Crippen LogP contribution < -0.4 is 0 Å². The number of hydrogen-bond donors (Lipinski definition) is 0. The lowest BCUT2D eigenvalue weighted by Gasteiger charge is -2.18. The van der Waals surface area contributed by atoms with Gasteiger partial charge in [-0.2, -0.15) is 0 Å². The molecule has 0 fully saturated rings. The molecule has 0 saturated carbocycles. The van der Waals surface area contributed by atoms with Crippen LogP contribution in [0.25, 0.3) is 0 Å².